The molecule has 4 nitrogen and oxygen atoms in total. The summed E-state index contributed by atoms with van der Waals surface area (Å²) in [7, 11) is 0. The van der Waals surface area contributed by atoms with E-state index < -0.39 is 0 Å². The van der Waals surface area contributed by atoms with Crippen LogP contribution in [0, 0.1) is 0 Å². The number of hydrogen-bond donors (Lipinski definition) is 2. The smallest absolute Gasteiger partial charge is 0.220 e. The van der Waals surface area contributed by atoms with Crippen LogP contribution in [0.15, 0.2) is 12.2 Å². The third-order valence-electron chi connectivity index (χ3n) is 4.96. The molecular weight excluding hydrogens is 348 g/mol. The molecule has 0 saturated carbocycles. The van der Waals surface area contributed by atoms with Gasteiger partial charge in [-0.2, -0.15) is 0 Å². The lowest BCUT2D eigenvalue weighted by Crippen LogP contribution is -2.28. The Bertz CT molecular complexity index is 394. The zero-order valence-electron chi connectivity index (χ0n) is 18.7. The molecule has 0 aliphatic carbocycles. The zero-order chi connectivity index (χ0) is 20.7. The van der Waals surface area contributed by atoms with Crippen LogP contribution in [0.1, 0.15) is 117 Å². The summed E-state index contributed by atoms with van der Waals surface area (Å²) in [5.74, 6) is -0.0612. The van der Waals surface area contributed by atoms with Crippen molar-refractivity contribution >= 4 is 11.8 Å². The number of nitrogens with one attached hydrogen (secondary N) is 2. The van der Waals surface area contributed by atoms with E-state index in [9.17, 15) is 9.59 Å². The van der Waals surface area contributed by atoms with Gasteiger partial charge in [0.1, 0.15) is 0 Å². The molecule has 2 N–H and O–H groups in total. The molecule has 0 spiro atoms. The fraction of sp³-hybridized carbons (Fsp3) is 0.833. The highest BCUT2D eigenvalue weighted by atomic mass is 16.2. The molecule has 0 radical (unpaired) electrons. The Kier molecular flexibility index (Phi) is 20.9. The Balaban J connectivity index is 3.24. The number of allylic oxidation sites excluding steroid dienone is 2. The first-order valence-electron chi connectivity index (χ1n) is 11.9. The van der Waals surface area contributed by atoms with Crippen LogP contribution in [-0.4, -0.2) is 24.9 Å². The fourth-order valence-corrected chi connectivity index (χ4v) is 3.20. The number of rotatable bonds is 20. The second kappa shape index (κ2) is 22.0. The molecule has 4 heteroatoms. The Morgan fingerprint density at radius 1 is 0.607 bits per heavy atom. The van der Waals surface area contributed by atoms with Crippen molar-refractivity contribution in [1.29, 1.82) is 0 Å². The van der Waals surface area contributed by atoms with E-state index in [1.54, 1.807) is 0 Å². The van der Waals surface area contributed by atoms with E-state index in [0.29, 0.717) is 6.54 Å². The van der Waals surface area contributed by atoms with Crippen molar-refractivity contribution in [3.05, 3.63) is 12.2 Å². The van der Waals surface area contributed by atoms with Crippen LogP contribution >= 0.6 is 0 Å². The summed E-state index contributed by atoms with van der Waals surface area (Å²) >= 11 is 0. The monoisotopic (exact) mass is 394 g/mol. The van der Waals surface area contributed by atoms with E-state index in [2.05, 4.69) is 29.7 Å². The minimum atomic E-state index is -0.0464. The Hall–Kier alpha value is -1.32. The Labute approximate surface area is 174 Å². The normalized spacial score (nSPS) is 11.1. The molecule has 0 fully saturated rings. The molecule has 28 heavy (non-hydrogen) atoms. The maximum Gasteiger partial charge on any atom is 0.220 e. The lowest BCUT2D eigenvalue weighted by molar-refractivity contribution is -0.126. The van der Waals surface area contributed by atoms with Gasteiger partial charge in [-0.25, -0.2) is 0 Å². The number of carbonyl (C=O) groups excluding carboxylic acids is 2. The molecule has 0 saturated heterocycles. The predicted molar refractivity (Wildman–Crippen MR) is 120 cm³/mol. The van der Waals surface area contributed by atoms with Gasteiger partial charge in [-0.3, -0.25) is 9.59 Å². The molecule has 0 aromatic heterocycles. The van der Waals surface area contributed by atoms with Crippen LogP contribution in [0.2, 0.25) is 0 Å². The number of amides is 2. The molecule has 0 aromatic carbocycles. The maximum atomic E-state index is 11.6. The van der Waals surface area contributed by atoms with Crippen molar-refractivity contribution < 1.29 is 9.59 Å². The molecule has 0 aliphatic rings. The van der Waals surface area contributed by atoms with Gasteiger partial charge in [-0.05, 0) is 39.0 Å². The third-order valence-corrected chi connectivity index (χ3v) is 4.96. The van der Waals surface area contributed by atoms with E-state index in [-0.39, 0.29) is 24.7 Å². The predicted octanol–water partition coefficient (Wildman–Crippen LogP) is 6.06. The highest BCUT2D eigenvalue weighted by Gasteiger charge is 2.05. The molecule has 0 heterocycles. The summed E-state index contributed by atoms with van der Waals surface area (Å²) in [6.45, 7) is 5.50. The van der Waals surface area contributed by atoms with Crippen molar-refractivity contribution in [3.8, 4) is 0 Å². The Morgan fingerprint density at radius 3 is 1.61 bits per heavy atom. The number of unbranched alkanes of at least 4 members (excludes halogenated alkanes) is 12. The van der Waals surface area contributed by atoms with Gasteiger partial charge in [0.25, 0.3) is 0 Å². The van der Waals surface area contributed by atoms with E-state index in [0.717, 1.165) is 13.0 Å². The first kappa shape index (κ1) is 26.7. The highest BCUT2D eigenvalue weighted by molar-refractivity contribution is 5.83. The molecule has 2 amide bonds. The van der Waals surface area contributed by atoms with Gasteiger partial charge in [-0.1, -0.05) is 76.9 Å². The zero-order valence-corrected chi connectivity index (χ0v) is 18.7. The number of carbonyl (C=O) groups is 2. The van der Waals surface area contributed by atoms with Crippen molar-refractivity contribution in [2.75, 3.05) is 13.1 Å². The molecule has 0 aliphatic heterocycles. The minimum Gasteiger partial charge on any atom is -0.356 e. The van der Waals surface area contributed by atoms with E-state index in [4.69, 9.17) is 0 Å². The summed E-state index contributed by atoms with van der Waals surface area (Å²) < 4.78 is 0. The SMILES string of the molecule is CCCCCCCC/C=C\CCCCCCCCNC(=O)CCC(=O)NCC. The quantitative estimate of drug-likeness (QED) is 0.195. The minimum absolute atomic E-state index is 0.0148. The van der Waals surface area contributed by atoms with Crippen LogP contribution < -0.4 is 10.6 Å². The lowest BCUT2D eigenvalue weighted by Gasteiger charge is -2.05. The van der Waals surface area contributed by atoms with Gasteiger partial charge in [0.05, 0.1) is 0 Å². The lowest BCUT2D eigenvalue weighted by atomic mass is 10.1. The summed E-state index contributed by atoms with van der Waals surface area (Å²) in [6, 6.07) is 0. The topological polar surface area (TPSA) is 58.2 Å². The van der Waals surface area contributed by atoms with Gasteiger partial charge in [0.15, 0.2) is 0 Å². The third kappa shape index (κ3) is 21.0. The van der Waals surface area contributed by atoms with Crippen LogP contribution in [0.25, 0.3) is 0 Å². The molecular formula is C24H46N2O2. The van der Waals surface area contributed by atoms with Crippen molar-refractivity contribution in [3.63, 3.8) is 0 Å². The van der Waals surface area contributed by atoms with Gasteiger partial charge in [0.2, 0.25) is 11.8 Å². The largest absolute Gasteiger partial charge is 0.356 e. The van der Waals surface area contributed by atoms with Gasteiger partial charge >= 0.3 is 0 Å². The molecule has 0 bridgehead atoms. The fourth-order valence-electron chi connectivity index (χ4n) is 3.20. The number of hydrogen-bond acceptors (Lipinski definition) is 2. The Morgan fingerprint density at radius 2 is 1.07 bits per heavy atom. The van der Waals surface area contributed by atoms with Crippen molar-refractivity contribution in [2.45, 2.75) is 117 Å². The van der Waals surface area contributed by atoms with Gasteiger partial charge < -0.3 is 10.6 Å². The van der Waals surface area contributed by atoms with E-state index in [1.807, 2.05) is 6.92 Å². The van der Waals surface area contributed by atoms with Crippen LogP contribution in [0.5, 0.6) is 0 Å². The van der Waals surface area contributed by atoms with Crippen LogP contribution in [0.3, 0.4) is 0 Å². The maximum absolute atomic E-state index is 11.6. The van der Waals surface area contributed by atoms with Gasteiger partial charge in [0, 0.05) is 25.9 Å². The molecule has 0 unspecified atom stereocenters. The van der Waals surface area contributed by atoms with Gasteiger partial charge in [-0.15, -0.1) is 0 Å². The van der Waals surface area contributed by atoms with Crippen molar-refractivity contribution in [2.24, 2.45) is 0 Å². The summed E-state index contributed by atoms with van der Waals surface area (Å²) in [4.78, 5) is 22.9. The summed E-state index contributed by atoms with van der Waals surface area (Å²) in [6.07, 6.45) is 23.4. The average Bonchev–Trinajstić information content (AvgIpc) is 2.69. The average molecular weight is 395 g/mol. The molecule has 0 rings (SSSR count). The van der Waals surface area contributed by atoms with Crippen molar-refractivity contribution in [1.82, 2.24) is 10.6 Å². The molecule has 0 atom stereocenters. The van der Waals surface area contributed by atoms with E-state index >= 15 is 0 Å². The van der Waals surface area contributed by atoms with Crippen LogP contribution in [-0.2, 0) is 9.59 Å². The first-order valence-corrected chi connectivity index (χ1v) is 11.9. The standard InChI is InChI=1S/C24H46N2O2/c1-3-5-6-7-8-9-10-11-12-13-14-15-16-17-18-19-22-26-24(28)21-20-23(27)25-4-2/h11-12H,3-10,13-22H2,1-2H3,(H,25,27)(H,26,28)/b12-11-. The summed E-state index contributed by atoms with van der Waals surface area (Å²) in [5, 5.41) is 5.61. The van der Waals surface area contributed by atoms with E-state index in [1.165, 1.54) is 83.5 Å². The first-order chi connectivity index (χ1) is 13.7. The second-order valence-corrected chi connectivity index (χ2v) is 7.74. The highest BCUT2D eigenvalue weighted by Crippen LogP contribution is 2.09. The second-order valence-electron chi connectivity index (χ2n) is 7.74. The molecule has 164 valence electrons. The molecule has 0 aromatic rings. The summed E-state index contributed by atoms with van der Waals surface area (Å²) in [5.41, 5.74) is 0. The van der Waals surface area contributed by atoms with Crippen LogP contribution in [0.4, 0.5) is 0 Å².